The number of benzene rings is 2. The topological polar surface area (TPSA) is 91.7 Å². The summed E-state index contributed by atoms with van der Waals surface area (Å²) in [5, 5.41) is 12.0. The molecule has 2 amide bonds. The van der Waals surface area contributed by atoms with Gasteiger partial charge in [0.25, 0.3) is 0 Å². The zero-order valence-electron chi connectivity index (χ0n) is 16.2. The highest BCUT2D eigenvalue weighted by Crippen LogP contribution is 2.27. The van der Waals surface area contributed by atoms with Crippen LogP contribution in [-0.2, 0) is 16.0 Å². The molecule has 0 unspecified atom stereocenters. The lowest BCUT2D eigenvalue weighted by atomic mass is 10.1. The number of nitriles is 1. The number of nitrogens with zero attached hydrogens (tertiary/aromatic N) is 2. The second-order valence-electron chi connectivity index (χ2n) is 6.02. The quantitative estimate of drug-likeness (QED) is 0.757. The third kappa shape index (κ3) is 5.24. The van der Waals surface area contributed by atoms with Crippen LogP contribution in [0.25, 0.3) is 0 Å². The van der Waals surface area contributed by atoms with E-state index in [0.29, 0.717) is 35.7 Å². The Morgan fingerprint density at radius 2 is 1.82 bits per heavy atom. The normalized spacial score (nSPS) is 9.93. The molecule has 28 heavy (non-hydrogen) atoms. The molecule has 0 atom stereocenters. The molecule has 146 valence electrons. The number of hydrogen-bond donors (Lipinski definition) is 1. The number of carbonyl (C=O) groups excluding carboxylic acids is 2. The minimum absolute atomic E-state index is 0.153. The van der Waals surface area contributed by atoms with E-state index < -0.39 is 0 Å². The number of anilines is 1. The van der Waals surface area contributed by atoms with E-state index in [9.17, 15) is 14.9 Å². The highest BCUT2D eigenvalue weighted by Gasteiger charge is 2.18. The Kier molecular flexibility index (Phi) is 7.40. The summed E-state index contributed by atoms with van der Waals surface area (Å²) in [6.45, 7) is 1.62. The van der Waals surface area contributed by atoms with Crippen LogP contribution in [0.1, 0.15) is 18.1 Å². The average Bonchev–Trinajstić information content (AvgIpc) is 2.71. The number of methoxy groups -OCH3 is 2. The van der Waals surface area contributed by atoms with E-state index in [-0.39, 0.29) is 18.4 Å². The van der Waals surface area contributed by atoms with Crippen LogP contribution < -0.4 is 19.7 Å². The Bertz CT molecular complexity index is 889. The highest BCUT2D eigenvalue weighted by atomic mass is 16.5. The maximum Gasteiger partial charge on any atom is 0.240 e. The Morgan fingerprint density at radius 1 is 1.11 bits per heavy atom. The highest BCUT2D eigenvalue weighted by molar-refractivity contribution is 5.98. The van der Waals surface area contributed by atoms with Gasteiger partial charge in [0, 0.05) is 13.5 Å². The molecule has 2 rings (SSSR count). The predicted octanol–water partition coefficient (Wildman–Crippen LogP) is 2.29. The van der Waals surface area contributed by atoms with Gasteiger partial charge < -0.3 is 19.7 Å². The van der Waals surface area contributed by atoms with Gasteiger partial charge in [-0.1, -0.05) is 18.2 Å². The summed E-state index contributed by atoms with van der Waals surface area (Å²) in [6.07, 6.45) is 0.598. The Hall–Kier alpha value is -3.53. The van der Waals surface area contributed by atoms with Crippen LogP contribution in [0, 0.1) is 11.3 Å². The molecular weight excluding hydrogens is 358 g/mol. The molecule has 2 aromatic carbocycles. The van der Waals surface area contributed by atoms with Crippen LogP contribution in [0.5, 0.6) is 11.5 Å². The van der Waals surface area contributed by atoms with Crippen LogP contribution in [0.15, 0.2) is 42.5 Å². The van der Waals surface area contributed by atoms with Crippen molar-refractivity contribution >= 4 is 17.5 Å². The van der Waals surface area contributed by atoms with E-state index in [0.717, 1.165) is 5.56 Å². The van der Waals surface area contributed by atoms with Crippen LogP contribution in [0.3, 0.4) is 0 Å². The SMILES string of the molecule is COc1ccc(CCNC(=O)CN(C(C)=O)c2ccccc2C#N)cc1OC. The summed E-state index contributed by atoms with van der Waals surface area (Å²) >= 11 is 0. The first kappa shape index (κ1) is 20.8. The molecule has 1 N–H and O–H groups in total. The number of rotatable bonds is 8. The number of amides is 2. The fraction of sp³-hybridized carbons (Fsp3) is 0.286. The van der Waals surface area contributed by atoms with Gasteiger partial charge in [0.2, 0.25) is 11.8 Å². The number of para-hydroxylation sites is 1. The van der Waals surface area contributed by atoms with E-state index in [2.05, 4.69) is 5.32 Å². The first-order valence-electron chi connectivity index (χ1n) is 8.75. The lowest BCUT2D eigenvalue weighted by molar-refractivity contribution is -0.123. The molecule has 0 spiro atoms. The third-order valence-electron chi connectivity index (χ3n) is 4.18. The van der Waals surface area contributed by atoms with E-state index in [1.54, 1.807) is 38.5 Å². The molecule has 0 saturated carbocycles. The molecule has 0 aromatic heterocycles. The van der Waals surface area contributed by atoms with Crippen molar-refractivity contribution in [3.05, 3.63) is 53.6 Å². The number of hydrogen-bond acceptors (Lipinski definition) is 5. The minimum atomic E-state index is -0.308. The molecule has 0 bridgehead atoms. The number of carbonyl (C=O) groups is 2. The molecule has 0 aliphatic carbocycles. The Labute approximate surface area is 164 Å². The van der Waals surface area contributed by atoms with Crippen molar-refractivity contribution in [3.63, 3.8) is 0 Å². The fourth-order valence-corrected chi connectivity index (χ4v) is 2.75. The standard InChI is InChI=1S/C21H23N3O4/c1-15(25)24(18-7-5-4-6-17(18)13-22)14-21(26)23-11-10-16-8-9-19(27-2)20(12-16)28-3/h4-9,12H,10-11,14H2,1-3H3,(H,23,26). The van der Waals surface area contributed by atoms with E-state index >= 15 is 0 Å². The summed E-state index contributed by atoms with van der Waals surface area (Å²) in [4.78, 5) is 25.6. The van der Waals surface area contributed by atoms with Crippen LogP contribution in [0.4, 0.5) is 5.69 Å². The monoisotopic (exact) mass is 381 g/mol. The first-order chi connectivity index (χ1) is 13.5. The van der Waals surface area contributed by atoms with Crippen molar-refractivity contribution in [3.8, 4) is 17.6 Å². The molecule has 0 aliphatic heterocycles. The van der Waals surface area contributed by atoms with Gasteiger partial charge >= 0.3 is 0 Å². The summed E-state index contributed by atoms with van der Waals surface area (Å²) in [5.41, 5.74) is 1.75. The smallest absolute Gasteiger partial charge is 0.240 e. The van der Waals surface area contributed by atoms with Gasteiger partial charge in [-0.25, -0.2) is 0 Å². The van der Waals surface area contributed by atoms with Crippen molar-refractivity contribution in [2.45, 2.75) is 13.3 Å². The third-order valence-corrected chi connectivity index (χ3v) is 4.18. The summed E-state index contributed by atoms with van der Waals surface area (Å²) < 4.78 is 10.5. The van der Waals surface area contributed by atoms with Crippen LogP contribution >= 0.6 is 0 Å². The molecular formula is C21H23N3O4. The minimum Gasteiger partial charge on any atom is -0.493 e. The second kappa shape index (κ2) is 9.97. The van der Waals surface area contributed by atoms with Gasteiger partial charge in [-0.15, -0.1) is 0 Å². The van der Waals surface area contributed by atoms with Crippen molar-refractivity contribution in [1.29, 1.82) is 5.26 Å². The molecule has 7 nitrogen and oxygen atoms in total. The molecule has 0 radical (unpaired) electrons. The Morgan fingerprint density at radius 3 is 2.46 bits per heavy atom. The lowest BCUT2D eigenvalue weighted by Crippen LogP contribution is -2.40. The molecule has 0 saturated heterocycles. The van der Waals surface area contributed by atoms with E-state index in [1.165, 1.54) is 11.8 Å². The molecule has 0 fully saturated rings. The summed E-state index contributed by atoms with van der Waals surface area (Å²) in [7, 11) is 3.14. The molecule has 2 aromatic rings. The number of nitrogens with one attached hydrogen (secondary N) is 1. The van der Waals surface area contributed by atoms with E-state index in [1.807, 2.05) is 24.3 Å². The zero-order valence-corrected chi connectivity index (χ0v) is 16.2. The predicted molar refractivity (Wildman–Crippen MR) is 105 cm³/mol. The van der Waals surface area contributed by atoms with Crippen molar-refractivity contribution in [2.24, 2.45) is 0 Å². The maximum atomic E-state index is 12.3. The van der Waals surface area contributed by atoms with Gasteiger partial charge in [0.15, 0.2) is 11.5 Å². The summed E-state index contributed by atoms with van der Waals surface area (Å²) in [6, 6.07) is 14.3. The van der Waals surface area contributed by atoms with Gasteiger partial charge in [-0.05, 0) is 36.2 Å². The van der Waals surface area contributed by atoms with Gasteiger partial charge in [0.05, 0.1) is 25.5 Å². The van der Waals surface area contributed by atoms with Gasteiger partial charge in [0.1, 0.15) is 12.6 Å². The number of ether oxygens (including phenoxy) is 2. The lowest BCUT2D eigenvalue weighted by Gasteiger charge is -2.21. The average molecular weight is 381 g/mol. The summed E-state index contributed by atoms with van der Waals surface area (Å²) in [5.74, 6) is 0.659. The van der Waals surface area contributed by atoms with Gasteiger partial charge in [-0.2, -0.15) is 5.26 Å². The largest absolute Gasteiger partial charge is 0.493 e. The van der Waals surface area contributed by atoms with Crippen LogP contribution in [-0.4, -0.2) is 39.1 Å². The molecule has 0 heterocycles. The Balaban J connectivity index is 1.97. The van der Waals surface area contributed by atoms with E-state index in [4.69, 9.17) is 9.47 Å². The maximum absolute atomic E-state index is 12.3. The fourth-order valence-electron chi connectivity index (χ4n) is 2.75. The van der Waals surface area contributed by atoms with Crippen molar-refractivity contribution in [2.75, 3.05) is 32.2 Å². The zero-order chi connectivity index (χ0) is 20.5. The first-order valence-corrected chi connectivity index (χ1v) is 8.75. The van der Waals surface area contributed by atoms with Gasteiger partial charge in [-0.3, -0.25) is 9.59 Å². The van der Waals surface area contributed by atoms with Crippen LogP contribution in [0.2, 0.25) is 0 Å². The molecule has 7 heteroatoms. The molecule has 0 aliphatic rings. The second-order valence-corrected chi connectivity index (χ2v) is 6.02. The van der Waals surface area contributed by atoms with Crippen molar-refractivity contribution < 1.29 is 19.1 Å². The van der Waals surface area contributed by atoms with Crippen molar-refractivity contribution in [1.82, 2.24) is 5.32 Å².